The minimum absolute atomic E-state index is 0.0117. The minimum Gasteiger partial charge on any atom is -0.497 e. The Morgan fingerprint density at radius 1 is 0.750 bits per heavy atom. The van der Waals surface area contributed by atoms with Crippen molar-refractivity contribution in [3.8, 4) is 11.5 Å². The standard InChI is InChI=1S/C34H37N3O6S/c1-42-30-20-18-27(19-21-30)24-37(32(38)25-36(44(3,40)41)23-26-12-6-4-7-13-26)33(28-14-8-5-9-15-28)34(39)35-22-29-16-10-11-17-31(29)43-2/h4-21,33H,22-25H2,1-3H3,(H,35,39)/t33-/m1/s1. The van der Waals surface area contributed by atoms with Crippen molar-refractivity contribution in [2.45, 2.75) is 25.7 Å². The number of nitrogens with zero attached hydrogens (tertiary/aromatic N) is 2. The number of rotatable bonds is 14. The Balaban J connectivity index is 1.71. The average molecular weight is 616 g/mol. The van der Waals surface area contributed by atoms with Gasteiger partial charge in [-0.1, -0.05) is 91.0 Å². The van der Waals surface area contributed by atoms with E-state index in [0.717, 1.165) is 27.3 Å². The molecule has 0 spiro atoms. The normalized spacial score (nSPS) is 11.9. The van der Waals surface area contributed by atoms with E-state index in [9.17, 15) is 18.0 Å². The monoisotopic (exact) mass is 615 g/mol. The molecule has 0 aliphatic carbocycles. The number of carbonyl (C=O) groups excluding carboxylic acids is 2. The first-order valence-corrected chi connectivity index (χ1v) is 15.9. The number of para-hydroxylation sites is 1. The Labute approximate surface area is 259 Å². The molecule has 0 aromatic heterocycles. The number of methoxy groups -OCH3 is 2. The molecule has 4 aromatic rings. The second kappa shape index (κ2) is 15.2. The van der Waals surface area contributed by atoms with Crippen LogP contribution in [0, 0.1) is 0 Å². The molecule has 0 saturated carbocycles. The van der Waals surface area contributed by atoms with Crippen molar-refractivity contribution >= 4 is 21.8 Å². The fourth-order valence-electron chi connectivity index (χ4n) is 4.81. The van der Waals surface area contributed by atoms with Crippen LogP contribution in [0.25, 0.3) is 0 Å². The lowest BCUT2D eigenvalue weighted by Gasteiger charge is -2.33. The van der Waals surface area contributed by atoms with Gasteiger partial charge in [-0.05, 0) is 34.9 Å². The summed E-state index contributed by atoms with van der Waals surface area (Å²) < 4.78 is 37.6. The topological polar surface area (TPSA) is 105 Å². The van der Waals surface area contributed by atoms with Gasteiger partial charge in [0.25, 0.3) is 0 Å². The van der Waals surface area contributed by atoms with Gasteiger partial charge in [0.15, 0.2) is 0 Å². The second-order valence-electron chi connectivity index (χ2n) is 10.2. The molecule has 4 rings (SSSR count). The van der Waals surface area contributed by atoms with E-state index in [4.69, 9.17) is 9.47 Å². The van der Waals surface area contributed by atoms with Crippen LogP contribution in [0.15, 0.2) is 109 Å². The number of hydrogen-bond acceptors (Lipinski definition) is 6. The highest BCUT2D eigenvalue weighted by Gasteiger charge is 2.34. The van der Waals surface area contributed by atoms with Gasteiger partial charge in [0.1, 0.15) is 17.5 Å². The lowest BCUT2D eigenvalue weighted by atomic mass is 10.0. The Hall–Kier alpha value is -4.67. The Bertz CT molecular complexity index is 1630. The first-order chi connectivity index (χ1) is 21.2. The van der Waals surface area contributed by atoms with Crippen LogP contribution in [0.3, 0.4) is 0 Å². The van der Waals surface area contributed by atoms with Crippen LogP contribution in [0.1, 0.15) is 28.3 Å². The molecule has 0 unspecified atom stereocenters. The van der Waals surface area contributed by atoms with Crippen molar-refractivity contribution in [3.63, 3.8) is 0 Å². The number of hydrogen-bond donors (Lipinski definition) is 1. The zero-order valence-corrected chi connectivity index (χ0v) is 25.9. The number of carbonyl (C=O) groups is 2. The maximum atomic E-state index is 14.2. The summed E-state index contributed by atoms with van der Waals surface area (Å²) >= 11 is 0. The van der Waals surface area contributed by atoms with Gasteiger partial charge in [0.2, 0.25) is 21.8 Å². The van der Waals surface area contributed by atoms with Crippen molar-refractivity contribution < 1.29 is 27.5 Å². The van der Waals surface area contributed by atoms with E-state index < -0.39 is 34.4 Å². The van der Waals surface area contributed by atoms with E-state index in [2.05, 4.69) is 5.32 Å². The Morgan fingerprint density at radius 3 is 1.95 bits per heavy atom. The summed E-state index contributed by atoms with van der Waals surface area (Å²) in [5, 5.41) is 2.97. The maximum Gasteiger partial charge on any atom is 0.247 e. The van der Waals surface area contributed by atoms with Crippen molar-refractivity contribution in [2.24, 2.45) is 0 Å². The second-order valence-corrected chi connectivity index (χ2v) is 12.2. The molecular weight excluding hydrogens is 578 g/mol. The van der Waals surface area contributed by atoms with E-state index in [1.165, 1.54) is 4.90 Å². The molecule has 230 valence electrons. The zero-order valence-electron chi connectivity index (χ0n) is 25.1. The smallest absolute Gasteiger partial charge is 0.247 e. The number of sulfonamides is 1. The van der Waals surface area contributed by atoms with E-state index >= 15 is 0 Å². The van der Waals surface area contributed by atoms with Gasteiger partial charge >= 0.3 is 0 Å². The SMILES string of the molecule is COc1ccc(CN(C(=O)CN(Cc2ccccc2)S(C)(=O)=O)[C@@H](C(=O)NCc2ccccc2OC)c2ccccc2)cc1. The molecular formula is C34H37N3O6S. The molecule has 0 aliphatic rings. The minimum atomic E-state index is -3.78. The van der Waals surface area contributed by atoms with E-state index in [0.29, 0.717) is 17.1 Å². The molecule has 0 heterocycles. The zero-order chi connectivity index (χ0) is 31.5. The van der Waals surface area contributed by atoms with Gasteiger partial charge in [-0.25, -0.2) is 8.42 Å². The molecule has 2 amide bonds. The molecule has 1 N–H and O–H groups in total. The molecule has 4 aromatic carbocycles. The molecule has 10 heteroatoms. The third kappa shape index (κ3) is 8.68. The van der Waals surface area contributed by atoms with Gasteiger partial charge < -0.3 is 19.7 Å². The van der Waals surface area contributed by atoms with E-state index in [1.807, 2.05) is 60.7 Å². The molecule has 0 fully saturated rings. The summed E-state index contributed by atoms with van der Waals surface area (Å²) in [6.07, 6.45) is 1.08. The molecule has 1 atom stereocenters. The third-order valence-electron chi connectivity index (χ3n) is 7.14. The third-order valence-corrected chi connectivity index (χ3v) is 8.33. The molecule has 0 radical (unpaired) electrons. The highest BCUT2D eigenvalue weighted by Crippen LogP contribution is 2.26. The lowest BCUT2D eigenvalue weighted by Crippen LogP contribution is -2.47. The van der Waals surface area contributed by atoms with Crippen molar-refractivity contribution in [2.75, 3.05) is 27.0 Å². The van der Waals surface area contributed by atoms with E-state index in [-0.39, 0.29) is 19.6 Å². The molecule has 9 nitrogen and oxygen atoms in total. The summed E-state index contributed by atoms with van der Waals surface area (Å²) in [6, 6.07) is 31.5. The van der Waals surface area contributed by atoms with Crippen LogP contribution >= 0.6 is 0 Å². The fraction of sp³-hybridized carbons (Fsp3) is 0.235. The van der Waals surface area contributed by atoms with Crippen LogP contribution in [0.5, 0.6) is 11.5 Å². The largest absolute Gasteiger partial charge is 0.497 e. The van der Waals surface area contributed by atoms with Crippen LogP contribution in [0.2, 0.25) is 0 Å². The van der Waals surface area contributed by atoms with Crippen LogP contribution in [0.4, 0.5) is 0 Å². The lowest BCUT2D eigenvalue weighted by molar-refractivity contribution is -0.141. The number of nitrogens with one attached hydrogen (secondary N) is 1. The maximum absolute atomic E-state index is 14.2. The molecule has 0 aliphatic heterocycles. The van der Waals surface area contributed by atoms with Crippen molar-refractivity contribution in [1.82, 2.24) is 14.5 Å². The number of benzene rings is 4. The quantitative estimate of drug-likeness (QED) is 0.223. The van der Waals surface area contributed by atoms with Crippen LogP contribution < -0.4 is 14.8 Å². The summed E-state index contributed by atoms with van der Waals surface area (Å²) in [5.41, 5.74) is 2.84. The van der Waals surface area contributed by atoms with Gasteiger partial charge in [0, 0.05) is 25.2 Å². The van der Waals surface area contributed by atoms with Crippen LogP contribution in [-0.4, -0.2) is 56.5 Å². The average Bonchev–Trinajstić information content (AvgIpc) is 3.04. The predicted molar refractivity (Wildman–Crippen MR) is 169 cm³/mol. The fourth-order valence-corrected chi connectivity index (χ4v) is 5.53. The summed E-state index contributed by atoms with van der Waals surface area (Å²) in [7, 11) is -0.658. The van der Waals surface area contributed by atoms with Crippen molar-refractivity contribution in [3.05, 3.63) is 131 Å². The molecule has 0 bridgehead atoms. The summed E-state index contributed by atoms with van der Waals surface area (Å²) in [5.74, 6) is 0.327. The molecule has 0 saturated heterocycles. The van der Waals surface area contributed by atoms with Gasteiger partial charge in [-0.2, -0.15) is 4.31 Å². The summed E-state index contributed by atoms with van der Waals surface area (Å²) in [6.45, 7) is -0.224. The van der Waals surface area contributed by atoms with Gasteiger partial charge in [-0.3, -0.25) is 9.59 Å². The highest BCUT2D eigenvalue weighted by atomic mass is 32.2. The van der Waals surface area contributed by atoms with Crippen LogP contribution in [-0.2, 0) is 39.2 Å². The number of amides is 2. The Morgan fingerprint density at radius 2 is 1.34 bits per heavy atom. The summed E-state index contributed by atoms with van der Waals surface area (Å²) in [4.78, 5) is 29.7. The first-order valence-electron chi connectivity index (χ1n) is 14.1. The first kappa shape index (κ1) is 32.2. The van der Waals surface area contributed by atoms with Crippen molar-refractivity contribution in [1.29, 1.82) is 0 Å². The van der Waals surface area contributed by atoms with Gasteiger partial charge in [-0.15, -0.1) is 0 Å². The Kier molecular flexibility index (Phi) is 11.1. The highest BCUT2D eigenvalue weighted by molar-refractivity contribution is 7.88. The predicted octanol–water partition coefficient (Wildman–Crippen LogP) is 4.55. The molecule has 44 heavy (non-hydrogen) atoms. The number of ether oxygens (including phenoxy) is 2. The van der Waals surface area contributed by atoms with Gasteiger partial charge in [0.05, 0.1) is 27.0 Å². The van der Waals surface area contributed by atoms with E-state index in [1.54, 1.807) is 62.8 Å².